The second-order valence-corrected chi connectivity index (χ2v) is 24.5. The van der Waals surface area contributed by atoms with Crippen LogP contribution in [-0.4, -0.2) is 150 Å². The summed E-state index contributed by atoms with van der Waals surface area (Å²) in [5.74, 6) is -1.63. The lowest BCUT2D eigenvalue weighted by Crippen LogP contribution is -2.46. The van der Waals surface area contributed by atoms with Crippen LogP contribution >= 0.6 is 0 Å². The molecule has 4 amide bonds. The number of unbranched alkanes of at least 4 members (excludes halogenated alkanes) is 2. The number of cyclic esters (lactones) is 2. The number of rotatable bonds is 22. The number of aliphatic hydroxyl groups excluding tert-OH is 2. The molecule has 0 aliphatic carbocycles. The van der Waals surface area contributed by atoms with Gasteiger partial charge >= 0.3 is 11.9 Å². The molecule has 2 aliphatic heterocycles. The van der Waals surface area contributed by atoms with Crippen molar-refractivity contribution in [2.45, 2.75) is 201 Å². The molecule has 534 valence electrons. The number of ether oxygens (including phenoxy) is 6. The van der Waals surface area contributed by atoms with E-state index in [-0.39, 0.29) is 66.8 Å². The molecule has 11 atom stereocenters. The summed E-state index contributed by atoms with van der Waals surface area (Å²) < 4.78 is 34.8. The Morgan fingerprint density at radius 2 is 1.10 bits per heavy atom. The van der Waals surface area contributed by atoms with Gasteiger partial charge in [0, 0.05) is 65.4 Å². The van der Waals surface area contributed by atoms with E-state index in [9.17, 15) is 39.0 Å². The van der Waals surface area contributed by atoms with Gasteiger partial charge < -0.3 is 59.9 Å². The Bertz CT molecular complexity index is 2790. The lowest BCUT2D eigenvalue weighted by Gasteiger charge is -2.23. The Labute approximate surface area is 575 Å². The molecule has 0 bridgehead atoms. The summed E-state index contributed by atoms with van der Waals surface area (Å²) in [6.45, 7) is 19.6. The highest BCUT2D eigenvalue weighted by atomic mass is 16.5. The van der Waals surface area contributed by atoms with Crippen molar-refractivity contribution in [1.29, 1.82) is 0 Å². The van der Waals surface area contributed by atoms with E-state index in [2.05, 4.69) is 114 Å². The van der Waals surface area contributed by atoms with Crippen LogP contribution in [0.15, 0.2) is 179 Å². The summed E-state index contributed by atoms with van der Waals surface area (Å²) in [4.78, 5) is 71.7. The normalized spacial score (nSPS) is 29.4. The van der Waals surface area contributed by atoms with Gasteiger partial charge in [-0.15, -0.1) is 0 Å². The minimum atomic E-state index is -1.00. The van der Waals surface area contributed by atoms with E-state index in [1.54, 1.807) is 35.4 Å². The first kappa shape index (κ1) is 86.7. The van der Waals surface area contributed by atoms with Gasteiger partial charge in [-0.25, -0.2) is 4.79 Å². The third-order valence-electron chi connectivity index (χ3n) is 16.0. The van der Waals surface area contributed by atoms with Gasteiger partial charge in [-0.2, -0.15) is 0 Å². The third-order valence-corrected chi connectivity index (χ3v) is 16.0. The minimum absolute atomic E-state index is 0.0201. The van der Waals surface area contributed by atoms with Gasteiger partial charge in [-0.3, -0.25) is 24.0 Å². The first-order valence-electron chi connectivity index (χ1n) is 33.9. The van der Waals surface area contributed by atoms with Crippen LogP contribution in [-0.2, 0) is 57.2 Å². The van der Waals surface area contributed by atoms with Crippen LogP contribution in [0.5, 0.6) is 0 Å². The molecule has 6 N–H and O–H groups in total. The molecular weight excluding hydrogens is 1220 g/mol. The molecule has 0 spiro atoms. The van der Waals surface area contributed by atoms with E-state index in [1.807, 2.05) is 109 Å². The van der Waals surface area contributed by atoms with Gasteiger partial charge in [-0.05, 0) is 131 Å². The number of amides is 4. The zero-order valence-corrected chi connectivity index (χ0v) is 60.1. The minimum Gasteiger partial charge on any atom is -0.458 e. The average Bonchev–Trinajstić information content (AvgIpc) is 1.32. The lowest BCUT2D eigenvalue weighted by atomic mass is 9.96. The van der Waals surface area contributed by atoms with E-state index in [0.717, 1.165) is 80.1 Å². The fourth-order valence-corrected chi connectivity index (χ4v) is 9.97. The number of carbonyl (C=O) groups excluding carboxylic acids is 6. The van der Waals surface area contributed by atoms with Gasteiger partial charge in [0.05, 0.1) is 37.6 Å². The van der Waals surface area contributed by atoms with Gasteiger partial charge in [0.2, 0.25) is 24.6 Å². The molecule has 0 fully saturated rings. The van der Waals surface area contributed by atoms with Crippen molar-refractivity contribution >= 4 is 36.6 Å². The van der Waals surface area contributed by atoms with Crippen LogP contribution in [0.2, 0.25) is 0 Å². The molecule has 2 rings (SSSR count). The molecule has 0 aromatic rings. The van der Waals surface area contributed by atoms with Gasteiger partial charge in [0.15, 0.2) is 0 Å². The van der Waals surface area contributed by atoms with Gasteiger partial charge in [0.25, 0.3) is 0 Å². The molecule has 0 aromatic carbocycles. The zero-order valence-electron chi connectivity index (χ0n) is 60.1. The second-order valence-electron chi connectivity index (χ2n) is 24.5. The first-order valence-corrected chi connectivity index (χ1v) is 33.9. The second kappa shape index (κ2) is 53.8. The predicted octanol–water partition coefficient (Wildman–Crippen LogP) is 12.4. The Morgan fingerprint density at radius 1 is 0.594 bits per heavy atom. The summed E-state index contributed by atoms with van der Waals surface area (Å²) in [5, 5.41) is 28.5. The average molecular weight is 1340 g/mol. The maximum Gasteiger partial charge on any atom is 0.333 e. The molecule has 0 radical (unpaired) electrons. The highest BCUT2D eigenvalue weighted by Crippen LogP contribution is 2.23. The number of hydrogen-bond acceptors (Lipinski definition) is 14. The van der Waals surface area contributed by atoms with Crippen LogP contribution in [0.1, 0.15) is 153 Å². The predicted molar refractivity (Wildman–Crippen MR) is 386 cm³/mol. The Balaban J connectivity index is 0.000000960. The van der Waals surface area contributed by atoms with Crippen molar-refractivity contribution in [3.63, 3.8) is 0 Å². The van der Waals surface area contributed by atoms with Crippen molar-refractivity contribution < 1.29 is 67.4 Å². The fraction of sp³-hybridized carbons (Fsp3) is 0.538. The molecule has 2 aliphatic rings. The molecule has 18 nitrogen and oxygen atoms in total. The summed E-state index contributed by atoms with van der Waals surface area (Å²) >= 11 is 0. The standard InChI is InChI=1S/C39H60N2O7.C39H58N2O7/c1-29-15-13-19-34(46-6)18-11-10-17-32(4)37(21-9-8-12-24-40-38(44)36(27-42)41-28-43)48-39(45)33(5)25-30(2)22-23-31(3)26-35(47-7)20-14-16-29;1-29-16-13-20-34(46-6)19-12-11-18-32(4)38(33(5)24-23-31(3)26-40-39(45)36(27-42)41-28-43)48-37(44)22-10-8-9-15-30(2)25-35(47-7)21-14-17-29/h10-11,14-18,22-23,25-26,28,30,32,34-37,42H,8-9,12-13,19-21,24,27H2,1-7H3,(H,40,44)(H,41,43);9,11-12,14-19,23-25,28,32,34-36,38,42H,8,10,13,20-22,26-27H2,1-7H3,(H,40,45)(H,41,43)/b16-14+,17-10+,18-11+,23-22+,29-15-,31-26+,33-25+;15-9+,17-14+,18-11+,19-12+,29-16-,30-25+,31-23+,33-24+/t30-,32+,34-,35+,36+,37-;32-,34+,35-,36-,38-/m10/s1. The maximum atomic E-state index is 13.2. The molecule has 2 heterocycles. The summed E-state index contributed by atoms with van der Waals surface area (Å²) in [6, 6.07) is -1.96. The largest absolute Gasteiger partial charge is 0.458 e. The molecule has 18 heteroatoms. The van der Waals surface area contributed by atoms with Crippen LogP contribution < -0.4 is 21.3 Å². The maximum absolute atomic E-state index is 13.2. The quantitative estimate of drug-likeness (QED) is 0.0256. The number of hydrogen-bond donors (Lipinski definition) is 6. The van der Waals surface area contributed by atoms with Crippen LogP contribution in [0.4, 0.5) is 0 Å². The lowest BCUT2D eigenvalue weighted by molar-refractivity contribution is -0.149. The van der Waals surface area contributed by atoms with E-state index < -0.39 is 43.2 Å². The van der Waals surface area contributed by atoms with Crippen LogP contribution in [0, 0.1) is 17.8 Å². The van der Waals surface area contributed by atoms with E-state index in [4.69, 9.17) is 28.4 Å². The number of esters is 2. The van der Waals surface area contributed by atoms with Crippen molar-refractivity contribution in [2.24, 2.45) is 17.8 Å². The SMILES string of the molecule is CO[C@@H]1/C=C(C)/C=C/CCCC(=O)O[C@H](/C(C)=C/C=C(\C)CNC(=O)[C@H](CO)NC=O)[C@@H](C)/C=C/C=C/[C@@H](OC)CC/C=C(C)\C=C\C1.CO[C@@H]1/C=C(C)/C=C/[C@@H](C)/C=C(\C)C(=O)O[C@H](CCCCCNC(=O)[C@H](CO)NC=O)[C@@H](C)/C=C/C=C/[C@@H](OC)CC/C=C(C)\C=C\C1. The molecular formula is C78H118N4O14. The van der Waals surface area contributed by atoms with Gasteiger partial charge in [-0.1, -0.05) is 195 Å². The number of nitrogens with one attached hydrogen (secondary N) is 4. The third kappa shape index (κ3) is 40.9. The molecule has 96 heavy (non-hydrogen) atoms. The Morgan fingerprint density at radius 3 is 1.64 bits per heavy atom. The summed E-state index contributed by atoms with van der Waals surface area (Å²) in [5.41, 5.74) is 6.85. The molecule has 0 unspecified atom stereocenters. The Kier molecular flexibility index (Phi) is 48.6. The van der Waals surface area contributed by atoms with E-state index in [0.29, 0.717) is 50.6 Å². The van der Waals surface area contributed by atoms with Crippen molar-refractivity contribution in [3.8, 4) is 0 Å². The topological polar surface area (TPSA) is 246 Å². The zero-order chi connectivity index (χ0) is 71.5. The smallest absolute Gasteiger partial charge is 0.333 e. The fourth-order valence-electron chi connectivity index (χ4n) is 9.97. The highest BCUT2D eigenvalue weighted by molar-refractivity contribution is 5.88. The Hall–Kier alpha value is -7.32. The highest BCUT2D eigenvalue weighted by Gasteiger charge is 2.24. The van der Waals surface area contributed by atoms with E-state index >= 15 is 0 Å². The monoisotopic (exact) mass is 1330 g/mol. The number of carbonyl (C=O) groups is 6. The van der Waals surface area contributed by atoms with Crippen LogP contribution in [0.25, 0.3) is 0 Å². The van der Waals surface area contributed by atoms with Gasteiger partial charge in [0.1, 0.15) is 24.3 Å². The van der Waals surface area contributed by atoms with Crippen LogP contribution in [0.3, 0.4) is 0 Å². The molecule has 0 saturated carbocycles. The molecule has 0 aromatic heterocycles. The molecule has 0 saturated heterocycles. The summed E-state index contributed by atoms with van der Waals surface area (Å²) in [7, 11) is 6.86. The van der Waals surface area contributed by atoms with Crippen molar-refractivity contribution in [1.82, 2.24) is 21.3 Å². The number of aliphatic hydroxyl groups is 2. The van der Waals surface area contributed by atoms with Crippen molar-refractivity contribution in [2.75, 3.05) is 54.7 Å². The number of allylic oxidation sites excluding steroid dienone is 19. The number of methoxy groups -OCH3 is 4. The van der Waals surface area contributed by atoms with Crippen molar-refractivity contribution in [3.05, 3.63) is 179 Å². The first-order chi connectivity index (χ1) is 46.1. The summed E-state index contributed by atoms with van der Waals surface area (Å²) in [6.07, 6.45) is 56.7. The van der Waals surface area contributed by atoms with E-state index in [1.165, 1.54) is 11.1 Å².